The molecule has 8 heteroatoms. The summed E-state index contributed by atoms with van der Waals surface area (Å²) in [6, 6.07) is 4.20. The number of alkyl halides is 3. The van der Waals surface area contributed by atoms with Crippen LogP contribution < -0.4 is 4.74 Å². The van der Waals surface area contributed by atoms with Crippen molar-refractivity contribution in [1.29, 1.82) is 0 Å². The normalized spacial score (nSPS) is 19.5. The molecule has 1 aliphatic carbocycles. The Balaban J connectivity index is 1.66. The minimum atomic E-state index is -4.41. The van der Waals surface area contributed by atoms with Crippen molar-refractivity contribution in [3.63, 3.8) is 0 Å². The van der Waals surface area contributed by atoms with Gasteiger partial charge in [0.1, 0.15) is 5.75 Å². The lowest BCUT2D eigenvalue weighted by atomic mass is 9.92. The summed E-state index contributed by atoms with van der Waals surface area (Å²) in [5.74, 6) is 0.103. The minimum absolute atomic E-state index is 0.0458. The Bertz CT molecular complexity index is 659. The highest BCUT2D eigenvalue weighted by atomic mass is 19.4. The summed E-state index contributed by atoms with van der Waals surface area (Å²) in [5.41, 5.74) is -0.771. The number of hydrogen-bond acceptors (Lipinski definition) is 4. The van der Waals surface area contributed by atoms with E-state index in [4.69, 9.17) is 9.47 Å². The first-order chi connectivity index (χ1) is 14.7. The van der Waals surface area contributed by atoms with E-state index in [2.05, 4.69) is 18.9 Å². The average molecular weight is 445 g/mol. The molecule has 1 aromatic rings. The molecule has 0 unspecified atom stereocenters. The lowest BCUT2D eigenvalue weighted by Crippen LogP contribution is -2.42. The third-order valence-corrected chi connectivity index (χ3v) is 5.76. The van der Waals surface area contributed by atoms with Gasteiger partial charge in [0.2, 0.25) is 0 Å². The van der Waals surface area contributed by atoms with Gasteiger partial charge in [-0.05, 0) is 89.3 Å². The highest BCUT2D eigenvalue weighted by Gasteiger charge is 2.31. The molecule has 1 aromatic carbocycles. The highest BCUT2D eigenvalue weighted by Crippen LogP contribution is 2.30. The molecule has 0 heterocycles. The van der Waals surface area contributed by atoms with Crippen LogP contribution in [0.1, 0.15) is 57.4 Å². The van der Waals surface area contributed by atoms with Gasteiger partial charge in [-0.2, -0.15) is 13.2 Å². The smallest absolute Gasteiger partial charge is 0.410 e. The van der Waals surface area contributed by atoms with E-state index < -0.39 is 17.8 Å². The van der Waals surface area contributed by atoms with E-state index in [0.29, 0.717) is 0 Å². The molecule has 176 valence electrons. The molecule has 1 saturated carbocycles. The molecule has 0 saturated heterocycles. The molecule has 0 bridgehead atoms. The van der Waals surface area contributed by atoms with Crippen molar-refractivity contribution in [2.24, 2.45) is 0 Å². The van der Waals surface area contributed by atoms with Crippen LogP contribution in [0.15, 0.2) is 24.3 Å². The second kappa shape index (κ2) is 12.3. The predicted octanol–water partition coefficient (Wildman–Crippen LogP) is 5.59. The predicted molar refractivity (Wildman–Crippen MR) is 114 cm³/mol. The summed E-state index contributed by atoms with van der Waals surface area (Å²) in [6.07, 6.45) is 2.03. The number of nitrogens with zero attached hydrogens (tertiary/aromatic N) is 2. The number of hydrogen-bond donors (Lipinski definition) is 0. The fourth-order valence-electron chi connectivity index (χ4n) is 3.86. The van der Waals surface area contributed by atoms with E-state index in [1.807, 2.05) is 0 Å². The zero-order valence-electron chi connectivity index (χ0n) is 18.8. The van der Waals surface area contributed by atoms with Gasteiger partial charge >= 0.3 is 12.3 Å². The Morgan fingerprint density at radius 2 is 1.68 bits per heavy atom. The Morgan fingerprint density at radius 3 is 2.26 bits per heavy atom. The van der Waals surface area contributed by atoms with E-state index in [1.54, 1.807) is 7.05 Å². The van der Waals surface area contributed by atoms with Gasteiger partial charge in [-0.1, -0.05) is 6.92 Å². The van der Waals surface area contributed by atoms with E-state index in [0.717, 1.165) is 70.4 Å². The number of benzene rings is 1. The average Bonchev–Trinajstić information content (AvgIpc) is 2.73. The third-order valence-electron chi connectivity index (χ3n) is 5.76. The number of amides is 1. The second-order valence-corrected chi connectivity index (χ2v) is 8.31. The van der Waals surface area contributed by atoms with Crippen molar-refractivity contribution in [2.75, 3.05) is 33.8 Å². The SMILES string of the molecule is CCCN(C)CCCCOC1CCC(N(C)C(=O)Oc2ccc(C(F)(F)F)cc2)CC1. The first kappa shape index (κ1) is 25.5. The fourth-order valence-corrected chi connectivity index (χ4v) is 3.86. The minimum Gasteiger partial charge on any atom is -0.410 e. The Hall–Kier alpha value is -1.80. The van der Waals surface area contributed by atoms with Crippen LogP contribution in [0.5, 0.6) is 5.75 Å². The van der Waals surface area contributed by atoms with Gasteiger partial charge in [-0.15, -0.1) is 0 Å². The molecule has 1 aliphatic rings. The zero-order chi connectivity index (χ0) is 22.9. The van der Waals surface area contributed by atoms with E-state index in [-0.39, 0.29) is 17.9 Å². The second-order valence-electron chi connectivity index (χ2n) is 8.31. The number of unbranched alkanes of at least 4 members (excludes halogenated alkanes) is 1. The van der Waals surface area contributed by atoms with Crippen molar-refractivity contribution in [1.82, 2.24) is 9.80 Å². The standard InChI is InChI=1S/C23H35F3N2O3/c1-4-15-27(2)16-5-6-17-30-20-13-9-19(10-14-20)28(3)22(29)31-21-11-7-18(8-12-21)23(24,25)26/h7-8,11-12,19-20H,4-6,9-10,13-17H2,1-3H3. The third kappa shape index (κ3) is 8.69. The Morgan fingerprint density at radius 1 is 1.03 bits per heavy atom. The summed E-state index contributed by atoms with van der Waals surface area (Å²) >= 11 is 0. The molecule has 0 aromatic heterocycles. The molecule has 2 rings (SSSR count). The van der Waals surface area contributed by atoms with Crippen LogP contribution in [0.4, 0.5) is 18.0 Å². The van der Waals surface area contributed by atoms with Gasteiger partial charge in [-0.25, -0.2) is 4.79 Å². The molecule has 0 spiro atoms. The molecular formula is C23H35F3N2O3. The number of halogens is 3. The molecule has 31 heavy (non-hydrogen) atoms. The van der Waals surface area contributed by atoms with Crippen molar-refractivity contribution >= 4 is 6.09 Å². The van der Waals surface area contributed by atoms with Crippen LogP contribution in [0, 0.1) is 0 Å². The first-order valence-corrected chi connectivity index (χ1v) is 11.1. The summed E-state index contributed by atoms with van der Waals surface area (Å²) in [4.78, 5) is 16.2. The maximum Gasteiger partial charge on any atom is 0.416 e. The summed E-state index contributed by atoms with van der Waals surface area (Å²) < 4.78 is 49.1. The molecule has 1 amide bonds. The maximum atomic E-state index is 12.6. The van der Waals surface area contributed by atoms with Crippen molar-refractivity contribution in [3.05, 3.63) is 29.8 Å². The van der Waals surface area contributed by atoms with Crippen LogP contribution in [0.3, 0.4) is 0 Å². The van der Waals surface area contributed by atoms with Gasteiger partial charge in [0, 0.05) is 19.7 Å². The zero-order valence-corrected chi connectivity index (χ0v) is 18.8. The van der Waals surface area contributed by atoms with Crippen LogP contribution >= 0.6 is 0 Å². The number of rotatable bonds is 10. The molecule has 0 atom stereocenters. The molecule has 1 fully saturated rings. The van der Waals surface area contributed by atoms with Gasteiger partial charge in [0.25, 0.3) is 0 Å². The fraction of sp³-hybridized carbons (Fsp3) is 0.696. The van der Waals surface area contributed by atoms with Crippen LogP contribution in [0.25, 0.3) is 0 Å². The topological polar surface area (TPSA) is 42.0 Å². The Kier molecular flexibility index (Phi) is 10.1. The molecule has 0 N–H and O–H groups in total. The summed E-state index contributed by atoms with van der Waals surface area (Å²) in [7, 11) is 3.82. The van der Waals surface area contributed by atoms with Gasteiger partial charge in [0.05, 0.1) is 11.7 Å². The largest absolute Gasteiger partial charge is 0.416 e. The number of carbonyl (C=O) groups excluding carboxylic acids is 1. The molecular weight excluding hydrogens is 409 g/mol. The molecule has 0 radical (unpaired) electrons. The lowest BCUT2D eigenvalue weighted by molar-refractivity contribution is -0.137. The highest BCUT2D eigenvalue weighted by molar-refractivity contribution is 5.70. The quantitative estimate of drug-likeness (QED) is 0.442. The van der Waals surface area contributed by atoms with E-state index in [1.165, 1.54) is 23.5 Å². The van der Waals surface area contributed by atoms with Crippen LogP contribution in [-0.4, -0.2) is 61.8 Å². The first-order valence-electron chi connectivity index (χ1n) is 11.1. The monoisotopic (exact) mass is 444 g/mol. The summed E-state index contributed by atoms with van der Waals surface area (Å²) in [5, 5.41) is 0. The maximum absolute atomic E-state index is 12.6. The van der Waals surface area contributed by atoms with Crippen molar-refractivity contribution in [3.8, 4) is 5.75 Å². The van der Waals surface area contributed by atoms with Crippen LogP contribution in [-0.2, 0) is 10.9 Å². The van der Waals surface area contributed by atoms with Gasteiger partial charge < -0.3 is 19.3 Å². The molecule has 0 aliphatic heterocycles. The van der Waals surface area contributed by atoms with Crippen molar-refractivity contribution in [2.45, 2.75) is 70.2 Å². The number of ether oxygens (including phenoxy) is 2. The van der Waals surface area contributed by atoms with Crippen molar-refractivity contribution < 1.29 is 27.4 Å². The Labute approximate surface area is 183 Å². The van der Waals surface area contributed by atoms with Gasteiger partial charge in [-0.3, -0.25) is 0 Å². The van der Waals surface area contributed by atoms with Gasteiger partial charge in [0.15, 0.2) is 0 Å². The molecule has 5 nitrogen and oxygen atoms in total. The lowest BCUT2D eigenvalue weighted by Gasteiger charge is -2.34. The number of carbonyl (C=O) groups is 1. The van der Waals surface area contributed by atoms with E-state index >= 15 is 0 Å². The van der Waals surface area contributed by atoms with E-state index in [9.17, 15) is 18.0 Å². The van der Waals surface area contributed by atoms with Crippen LogP contribution in [0.2, 0.25) is 0 Å². The summed E-state index contributed by atoms with van der Waals surface area (Å²) in [6.45, 7) is 5.17.